The van der Waals surface area contributed by atoms with Gasteiger partial charge in [-0.25, -0.2) is 4.99 Å². The molecule has 0 spiro atoms. The Kier molecular flexibility index (Phi) is 3.91. The van der Waals surface area contributed by atoms with Crippen LogP contribution in [0.5, 0.6) is 0 Å². The number of hydrogen-bond donors (Lipinski definition) is 0. The van der Waals surface area contributed by atoms with E-state index in [0.29, 0.717) is 11.5 Å². The Labute approximate surface area is 108 Å². The normalized spacial score (nSPS) is 17.6. The number of aliphatic imine (C=N–C) groups is 1. The second kappa shape index (κ2) is 5.42. The average Bonchev–Trinajstić information content (AvgIpc) is 2.84. The minimum atomic E-state index is -0.0365. The first-order valence-corrected chi connectivity index (χ1v) is 6.82. The third-order valence-electron chi connectivity index (χ3n) is 1.97. The van der Waals surface area contributed by atoms with Crippen LogP contribution in [-0.4, -0.2) is 15.2 Å². The van der Waals surface area contributed by atoms with Crippen molar-refractivity contribution in [1.82, 2.24) is 0 Å². The second-order valence-corrected chi connectivity index (χ2v) is 5.57. The van der Waals surface area contributed by atoms with Gasteiger partial charge in [0.2, 0.25) is 5.12 Å². The van der Waals surface area contributed by atoms with Crippen LogP contribution in [0.4, 0.5) is 0 Å². The largest absolute Gasteiger partial charge is 0.462 e. The van der Waals surface area contributed by atoms with Crippen molar-refractivity contribution in [1.29, 1.82) is 0 Å². The second-order valence-electron chi connectivity index (χ2n) is 3.34. The van der Waals surface area contributed by atoms with Crippen molar-refractivity contribution in [2.75, 3.05) is 5.75 Å². The first-order chi connectivity index (χ1) is 8.19. The fourth-order valence-corrected chi connectivity index (χ4v) is 2.85. The van der Waals surface area contributed by atoms with Crippen molar-refractivity contribution in [2.24, 2.45) is 4.99 Å². The highest BCUT2D eigenvalue weighted by Crippen LogP contribution is 2.31. The van der Waals surface area contributed by atoms with E-state index < -0.39 is 0 Å². The third kappa shape index (κ3) is 3.14. The van der Waals surface area contributed by atoms with E-state index in [0.717, 1.165) is 27.7 Å². The van der Waals surface area contributed by atoms with E-state index in [1.54, 1.807) is 12.2 Å². The summed E-state index contributed by atoms with van der Waals surface area (Å²) >= 11 is 2.67. The van der Waals surface area contributed by atoms with E-state index in [-0.39, 0.29) is 5.12 Å². The number of thioether (sulfide) groups is 2. The summed E-state index contributed by atoms with van der Waals surface area (Å²) in [4.78, 5) is 15.9. The van der Waals surface area contributed by atoms with Crippen LogP contribution in [0, 0.1) is 6.92 Å². The van der Waals surface area contributed by atoms with E-state index in [4.69, 9.17) is 4.42 Å². The monoisotopic (exact) mass is 265 g/mol. The van der Waals surface area contributed by atoms with Crippen molar-refractivity contribution in [3.05, 3.63) is 42.0 Å². The van der Waals surface area contributed by atoms with Gasteiger partial charge >= 0.3 is 0 Å². The summed E-state index contributed by atoms with van der Waals surface area (Å²) in [5, 5.41) is -0.0365. The van der Waals surface area contributed by atoms with E-state index in [9.17, 15) is 4.79 Å². The standard InChI is InChI=1S/C12H11NO2S2/c1-3-6-16-12-13-10(11(14)17-12)7-9-5-4-8(2)15-9/h3-5,7H,1,6H2,2H3/b10-7+. The Morgan fingerprint density at radius 1 is 1.59 bits per heavy atom. The lowest BCUT2D eigenvalue weighted by Gasteiger charge is -1.90. The quantitative estimate of drug-likeness (QED) is 0.620. The van der Waals surface area contributed by atoms with Gasteiger partial charge in [-0.2, -0.15) is 0 Å². The number of furan rings is 1. The lowest BCUT2D eigenvalue weighted by atomic mass is 10.3. The Balaban J connectivity index is 2.15. The van der Waals surface area contributed by atoms with Crippen LogP contribution in [0.25, 0.3) is 6.08 Å². The van der Waals surface area contributed by atoms with Crippen molar-refractivity contribution in [3.63, 3.8) is 0 Å². The molecular formula is C12H11NO2S2. The van der Waals surface area contributed by atoms with E-state index in [1.807, 2.05) is 19.1 Å². The van der Waals surface area contributed by atoms with Crippen molar-refractivity contribution < 1.29 is 9.21 Å². The molecule has 0 saturated heterocycles. The molecule has 1 aromatic heterocycles. The van der Waals surface area contributed by atoms with Crippen molar-refractivity contribution >= 4 is 39.1 Å². The Morgan fingerprint density at radius 3 is 3.06 bits per heavy atom. The van der Waals surface area contributed by atoms with Gasteiger partial charge in [-0.15, -0.1) is 6.58 Å². The molecule has 1 aliphatic rings. The lowest BCUT2D eigenvalue weighted by Crippen LogP contribution is -1.87. The summed E-state index contributed by atoms with van der Waals surface area (Å²) in [6.45, 7) is 5.49. The molecule has 0 fully saturated rings. The molecule has 5 heteroatoms. The molecule has 2 rings (SSSR count). The van der Waals surface area contributed by atoms with Gasteiger partial charge < -0.3 is 4.42 Å². The number of hydrogen-bond acceptors (Lipinski definition) is 5. The molecule has 0 aromatic carbocycles. The van der Waals surface area contributed by atoms with Crippen LogP contribution in [0.15, 0.2) is 39.9 Å². The lowest BCUT2D eigenvalue weighted by molar-refractivity contribution is -0.107. The summed E-state index contributed by atoms with van der Waals surface area (Å²) in [7, 11) is 0. The zero-order valence-corrected chi connectivity index (χ0v) is 10.9. The van der Waals surface area contributed by atoms with Gasteiger partial charge in [0.1, 0.15) is 21.6 Å². The summed E-state index contributed by atoms with van der Waals surface area (Å²) in [6.07, 6.45) is 3.46. The summed E-state index contributed by atoms with van der Waals surface area (Å²) < 4.78 is 6.15. The molecule has 1 aliphatic heterocycles. The minimum Gasteiger partial charge on any atom is -0.462 e. The smallest absolute Gasteiger partial charge is 0.244 e. The topological polar surface area (TPSA) is 42.6 Å². The van der Waals surface area contributed by atoms with Gasteiger partial charge in [0.15, 0.2) is 0 Å². The SMILES string of the molecule is C=CCSC1=N/C(=C/c2ccc(C)o2)C(=O)S1. The molecule has 3 nitrogen and oxygen atoms in total. The predicted octanol–water partition coefficient (Wildman–Crippen LogP) is 3.48. The fraction of sp³-hybridized carbons (Fsp3) is 0.167. The summed E-state index contributed by atoms with van der Waals surface area (Å²) in [5.74, 6) is 2.23. The fourth-order valence-electron chi connectivity index (χ4n) is 1.25. The first-order valence-electron chi connectivity index (χ1n) is 5.02. The molecule has 0 bridgehead atoms. The van der Waals surface area contributed by atoms with Crippen LogP contribution in [0.2, 0.25) is 0 Å². The summed E-state index contributed by atoms with van der Waals surface area (Å²) in [5.41, 5.74) is 0.441. The molecule has 17 heavy (non-hydrogen) atoms. The zero-order valence-electron chi connectivity index (χ0n) is 9.30. The maximum absolute atomic E-state index is 11.7. The van der Waals surface area contributed by atoms with Crippen LogP contribution in [0.3, 0.4) is 0 Å². The molecule has 0 atom stereocenters. The van der Waals surface area contributed by atoms with Crippen LogP contribution < -0.4 is 0 Å². The summed E-state index contributed by atoms with van der Waals surface area (Å²) in [6, 6.07) is 3.68. The highest BCUT2D eigenvalue weighted by atomic mass is 32.2. The molecule has 0 unspecified atom stereocenters. The number of rotatable bonds is 3. The van der Waals surface area contributed by atoms with Gasteiger partial charge in [-0.1, -0.05) is 17.8 Å². The van der Waals surface area contributed by atoms with Gasteiger partial charge in [-0.3, -0.25) is 4.79 Å². The molecule has 0 aliphatic carbocycles. The molecule has 0 saturated carbocycles. The van der Waals surface area contributed by atoms with Crippen LogP contribution in [0.1, 0.15) is 11.5 Å². The molecule has 0 radical (unpaired) electrons. The van der Waals surface area contributed by atoms with Gasteiger partial charge in [-0.05, 0) is 30.8 Å². The molecule has 0 N–H and O–H groups in total. The molecule has 1 aromatic rings. The molecule has 2 heterocycles. The maximum atomic E-state index is 11.7. The Bertz CT molecular complexity index is 514. The van der Waals surface area contributed by atoms with Gasteiger partial charge in [0.05, 0.1) is 0 Å². The van der Waals surface area contributed by atoms with Crippen LogP contribution in [-0.2, 0) is 4.79 Å². The highest BCUT2D eigenvalue weighted by Gasteiger charge is 2.22. The van der Waals surface area contributed by atoms with Gasteiger partial charge in [0.25, 0.3) is 0 Å². The van der Waals surface area contributed by atoms with E-state index in [2.05, 4.69) is 11.6 Å². The molecule has 88 valence electrons. The van der Waals surface area contributed by atoms with E-state index in [1.165, 1.54) is 11.8 Å². The Hall–Kier alpha value is -1.20. The number of carbonyl (C=O) groups excluding carboxylic acids is 1. The highest BCUT2D eigenvalue weighted by molar-refractivity contribution is 8.45. The third-order valence-corrected chi connectivity index (χ3v) is 3.97. The van der Waals surface area contributed by atoms with Crippen molar-refractivity contribution in [3.8, 4) is 0 Å². The van der Waals surface area contributed by atoms with Crippen molar-refractivity contribution in [2.45, 2.75) is 6.92 Å². The van der Waals surface area contributed by atoms with Crippen LogP contribution >= 0.6 is 23.5 Å². The number of carbonyl (C=O) groups is 1. The minimum absolute atomic E-state index is 0.0365. The zero-order chi connectivity index (χ0) is 12.3. The van der Waals surface area contributed by atoms with Gasteiger partial charge in [0, 0.05) is 11.8 Å². The number of aryl methyl sites for hydroxylation is 1. The Morgan fingerprint density at radius 2 is 2.41 bits per heavy atom. The van der Waals surface area contributed by atoms with E-state index >= 15 is 0 Å². The molecule has 0 amide bonds. The average molecular weight is 265 g/mol. The first kappa shape index (κ1) is 12.3. The number of nitrogens with zero attached hydrogens (tertiary/aromatic N) is 1. The molecular weight excluding hydrogens is 254 g/mol. The predicted molar refractivity (Wildman–Crippen MR) is 74.1 cm³/mol. The maximum Gasteiger partial charge on any atom is 0.244 e.